The highest BCUT2D eigenvalue weighted by Crippen LogP contribution is 2.32. The molecule has 0 spiro atoms. The Morgan fingerprint density at radius 1 is 1.17 bits per heavy atom. The predicted octanol–water partition coefficient (Wildman–Crippen LogP) is 4.55. The summed E-state index contributed by atoms with van der Waals surface area (Å²) in [6.07, 6.45) is 0. The molecule has 2 aromatic carbocycles. The fourth-order valence-corrected chi connectivity index (χ4v) is 3.81. The number of esters is 1. The largest absolute Gasteiger partial charge is 0.463 e. The van der Waals surface area contributed by atoms with Gasteiger partial charge in [0.25, 0.3) is 0 Å². The average molecular weight is 444 g/mol. The molecular weight excluding hydrogens is 422 g/mol. The van der Waals surface area contributed by atoms with Crippen molar-refractivity contribution in [1.82, 2.24) is 5.32 Å². The van der Waals surface area contributed by atoms with E-state index in [1.165, 1.54) is 11.8 Å². The summed E-state index contributed by atoms with van der Waals surface area (Å²) in [6, 6.07) is 16.0. The van der Waals surface area contributed by atoms with Crippen molar-refractivity contribution in [3.05, 3.63) is 76.5 Å². The van der Waals surface area contributed by atoms with Crippen LogP contribution in [-0.2, 0) is 14.3 Å². The van der Waals surface area contributed by atoms with E-state index in [-0.39, 0.29) is 18.3 Å². The molecule has 0 aromatic heterocycles. The first-order valence-electron chi connectivity index (χ1n) is 9.43. The third-order valence-corrected chi connectivity index (χ3v) is 5.44. The van der Waals surface area contributed by atoms with Gasteiger partial charge in [-0.2, -0.15) is 0 Å². The Morgan fingerprint density at radius 3 is 2.53 bits per heavy atom. The van der Waals surface area contributed by atoms with E-state index in [2.05, 4.69) is 10.6 Å². The molecule has 8 heteroatoms. The topological polar surface area (TPSA) is 79.8 Å². The molecule has 1 aliphatic heterocycles. The molecule has 0 radical (unpaired) electrons. The summed E-state index contributed by atoms with van der Waals surface area (Å²) in [4.78, 5) is 29.5. The van der Waals surface area contributed by atoms with Gasteiger partial charge in [0.2, 0.25) is 5.91 Å². The minimum atomic E-state index is -0.492. The fraction of sp³-hybridized carbons (Fsp3) is 0.227. The molecule has 1 aliphatic rings. The Labute approximate surface area is 184 Å². The van der Waals surface area contributed by atoms with Crippen LogP contribution in [0.5, 0.6) is 0 Å². The van der Waals surface area contributed by atoms with Gasteiger partial charge < -0.3 is 15.4 Å². The second-order valence-electron chi connectivity index (χ2n) is 6.48. The molecule has 0 bridgehead atoms. The van der Waals surface area contributed by atoms with Crippen LogP contribution in [0.2, 0.25) is 5.02 Å². The van der Waals surface area contributed by atoms with E-state index in [4.69, 9.17) is 21.3 Å². The number of aliphatic imine (C=N–C) groups is 1. The number of carbonyl (C=O) groups is 2. The Hall–Kier alpha value is -2.77. The zero-order chi connectivity index (χ0) is 21.5. The molecule has 0 saturated heterocycles. The third-order valence-electron chi connectivity index (χ3n) is 4.30. The van der Waals surface area contributed by atoms with Crippen LogP contribution in [0.15, 0.2) is 70.9 Å². The van der Waals surface area contributed by atoms with Gasteiger partial charge in [-0.1, -0.05) is 53.7 Å². The van der Waals surface area contributed by atoms with Crippen molar-refractivity contribution in [3.63, 3.8) is 0 Å². The normalized spacial score (nSPS) is 15.8. The molecule has 0 fully saturated rings. The van der Waals surface area contributed by atoms with Crippen LogP contribution < -0.4 is 10.6 Å². The molecule has 1 heterocycles. The molecule has 156 valence electrons. The average Bonchev–Trinajstić information content (AvgIpc) is 2.74. The summed E-state index contributed by atoms with van der Waals surface area (Å²) in [7, 11) is 0. The van der Waals surface area contributed by atoms with Gasteiger partial charge in [0.15, 0.2) is 5.17 Å². The molecule has 0 unspecified atom stereocenters. The Balaban J connectivity index is 1.73. The second-order valence-corrected chi connectivity index (χ2v) is 7.88. The maximum absolute atomic E-state index is 12.5. The summed E-state index contributed by atoms with van der Waals surface area (Å²) in [5, 5.41) is 7.12. The first-order chi connectivity index (χ1) is 14.5. The number of ether oxygens (including phenoxy) is 1. The summed E-state index contributed by atoms with van der Waals surface area (Å²) < 4.78 is 5.23. The molecule has 6 nitrogen and oxygen atoms in total. The molecular formula is C22H22ClN3O3S. The fourth-order valence-electron chi connectivity index (χ4n) is 2.93. The number of amides is 1. The standard InChI is InChI=1S/C22H22ClN3O3S/c1-3-29-21(28)19-14(2)24-22(26-20(19)15-7-5-4-6-8-15)30-13-18(27)25-17-11-9-16(23)10-12-17/h4-12,20H,3,13H2,1-2H3,(H,24,26)(H,25,27)/t20-/m1/s1. The van der Waals surface area contributed by atoms with Gasteiger partial charge in [-0.15, -0.1) is 0 Å². The Morgan fingerprint density at radius 2 is 1.87 bits per heavy atom. The smallest absolute Gasteiger partial charge is 0.338 e. The summed E-state index contributed by atoms with van der Waals surface area (Å²) in [6.45, 7) is 3.87. The van der Waals surface area contributed by atoms with Crippen LogP contribution in [0, 0.1) is 0 Å². The van der Waals surface area contributed by atoms with Crippen molar-refractivity contribution in [1.29, 1.82) is 0 Å². The van der Waals surface area contributed by atoms with Gasteiger partial charge >= 0.3 is 5.97 Å². The van der Waals surface area contributed by atoms with Crippen molar-refractivity contribution in [2.24, 2.45) is 4.99 Å². The molecule has 0 aliphatic carbocycles. The van der Waals surface area contributed by atoms with E-state index >= 15 is 0 Å². The summed E-state index contributed by atoms with van der Waals surface area (Å²) in [5.41, 5.74) is 2.69. The van der Waals surface area contributed by atoms with Crippen LogP contribution in [-0.4, -0.2) is 29.4 Å². The Bertz CT molecular complexity index is 975. The molecule has 0 saturated carbocycles. The van der Waals surface area contributed by atoms with Crippen molar-refractivity contribution >= 4 is 46.1 Å². The lowest BCUT2D eigenvalue weighted by molar-refractivity contribution is -0.139. The lowest BCUT2D eigenvalue weighted by Crippen LogP contribution is -2.31. The van der Waals surface area contributed by atoms with Crippen LogP contribution in [0.25, 0.3) is 0 Å². The maximum Gasteiger partial charge on any atom is 0.338 e. The number of hydrogen-bond donors (Lipinski definition) is 2. The number of amidine groups is 1. The molecule has 1 atom stereocenters. The quantitative estimate of drug-likeness (QED) is 0.640. The minimum absolute atomic E-state index is 0.165. The second kappa shape index (κ2) is 10.3. The number of allylic oxidation sites excluding steroid dienone is 1. The van der Waals surface area contributed by atoms with Gasteiger partial charge in [-0.05, 0) is 43.7 Å². The number of nitrogens with one attached hydrogen (secondary N) is 2. The van der Waals surface area contributed by atoms with E-state index in [1.807, 2.05) is 37.3 Å². The number of benzene rings is 2. The van der Waals surface area contributed by atoms with Crippen LogP contribution >= 0.6 is 23.4 Å². The lowest BCUT2D eigenvalue weighted by Gasteiger charge is -2.25. The molecule has 2 aromatic rings. The molecule has 2 N–H and O–H groups in total. The van der Waals surface area contributed by atoms with Crippen molar-refractivity contribution < 1.29 is 14.3 Å². The molecule has 3 rings (SSSR count). The van der Waals surface area contributed by atoms with E-state index < -0.39 is 12.0 Å². The van der Waals surface area contributed by atoms with Gasteiger partial charge in [0.05, 0.1) is 17.9 Å². The minimum Gasteiger partial charge on any atom is -0.463 e. The number of thioether (sulfide) groups is 1. The van der Waals surface area contributed by atoms with Crippen molar-refractivity contribution in [2.75, 3.05) is 17.7 Å². The SMILES string of the molecule is CCOC(=O)C1=C(C)NC(SCC(=O)Nc2ccc(Cl)cc2)=N[C@@H]1c1ccccc1. The van der Waals surface area contributed by atoms with Gasteiger partial charge in [-0.3, -0.25) is 4.79 Å². The van der Waals surface area contributed by atoms with Crippen LogP contribution in [0.3, 0.4) is 0 Å². The summed E-state index contributed by atoms with van der Waals surface area (Å²) in [5.74, 6) is -0.400. The lowest BCUT2D eigenvalue weighted by atomic mass is 9.97. The third kappa shape index (κ3) is 5.64. The maximum atomic E-state index is 12.5. The number of halogens is 1. The first-order valence-corrected chi connectivity index (χ1v) is 10.8. The number of hydrogen-bond acceptors (Lipinski definition) is 6. The zero-order valence-corrected chi connectivity index (χ0v) is 18.2. The van der Waals surface area contributed by atoms with Crippen molar-refractivity contribution in [3.8, 4) is 0 Å². The van der Waals surface area contributed by atoms with Gasteiger partial charge in [0.1, 0.15) is 6.04 Å². The molecule has 30 heavy (non-hydrogen) atoms. The highest BCUT2D eigenvalue weighted by atomic mass is 35.5. The predicted molar refractivity (Wildman–Crippen MR) is 122 cm³/mol. The van der Waals surface area contributed by atoms with E-state index in [1.54, 1.807) is 31.2 Å². The monoisotopic (exact) mass is 443 g/mol. The van der Waals surface area contributed by atoms with Crippen LogP contribution in [0.1, 0.15) is 25.5 Å². The number of carbonyl (C=O) groups excluding carboxylic acids is 2. The number of rotatable bonds is 6. The van der Waals surface area contributed by atoms with Gasteiger partial charge in [-0.25, -0.2) is 9.79 Å². The van der Waals surface area contributed by atoms with Crippen LogP contribution in [0.4, 0.5) is 5.69 Å². The summed E-state index contributed by atoms with van der Waals surface area (Å²) >= 11 is 7.14. The zero-order valence-electron chi connectivity index (χ0n) is 16.6. The number of anilines is 1. The first kappa shape index (κ1) is 21.9. The van der Waals surface area contributed by atoms with E-state index in [9.17, 15) is 9.59 Å². The van der Waals surface area contributed by atoms with E-state index in [0.29, 0.717) is 27.1 Å². The van der Waals surface area contributed by atoms with E-state index in [0.717, 1.165) is 5.56 Å². The molecule has 1 amide bonds. The Kier molecular flexibility index (Phi) is 7.54. The van der Waals surface area contributed by atoms with Crippen molar-refractivity contribution in [2.45, 2.75) is 19.9 Å². The van der Waals surface area contributed by atoms with Gasteiger partial charge in [0, 0.05) is 16.4 Å². The highest BCUT2D eigenvalue weighted by Gasteiger charge is 2.30. The highest BCUT2D eigenvalue weighted by molar-refractivity contribution is 8.14. The number of nitrogens with zero attached hydrogens (tertiary/aromatic N) is 1.